The molecule has 1 rings (SSSR count). The van der Waals surface area contributed by atoms with Gasteiger partial charge in [0, 0.05) is 35.6 Å². The van der Waals surface area contributed by atoms with Crippen molar-refractivity contribution in [2.75, 3.05) is 20.1 Å². The van der Waals surface area contributed by atoms with E-state index < -0.39 is 0 Å². The van der Waals surface area contributed by atoms with E-state index in [1.165, 1.54) is 6.07 Å². The van der Waals surface area contributed by atoms with Crippen LogP contribution in [0, 0.1) is 11.7 Å². The van der Waals surface area contributed by atoms with Crippen molar-refractivity contribution >= 4 is 21.8 Å². The Morgan fingerprint density at radius 2 is 2.21 bits per heavy atom. The van der Waals surface area contributed by atoms with E-state index >= 15 is 0 Å². The molecule has 0 radical (unpaired) electrons. The van der Waals surface area contributed by atoms with Crippen molar-refractivity contribution in [1.82, 2.24) is 10.2 Å². The molecule has 0 heterocycles. The highest BCUT2D eigenvalue weighted by molar-refractivity contribution is 9.10. The number of hydrogen-bond acceptors (Lipinski definition) is 2. The summed E-state index contributed by atoms with van der Waals surface area (Å²) in [5.41, 5.74) is 0.529. The zero-order chi connectivity index (χ0) is 14.4. The Balaban J connectivity index is 2.81. The minimum atomic E-state index is -0.282. The van der Waals surface area contributed by atoms with Crippen molar-refractivity contribution in [3.05, 3.63) is 34.1 Å². The van der Waals surface area contributed by atoms with Gasteiger partial charge in [-0.2, -0.15) is 0 Å². The summed E-state index contributed by atoms with van der Waals surface area (Å²) in [6, 6.07) is 4.78. The Kier molecular flexibility index (Phi) is 6.45. The number of rotatable bonds is 6. The summed E-state index contributed by atoms with van der Waals surface area (Å²) in [6.45, 7) is 5.27. The fourth-order valence-electron chi connectivity index (χ4n) is 1.92. The van der Waals surface area contributed by atoms with Crippen molar-refractivity contribution in [1.29, 1.82) is 0 Å². The quantitative estimate of drug-likeness (QED) is 0.869. The Labute approximate surface area is 122 Å². The van der Waals surface area contributed by atoms with Crippen molar-refractivity contribution in [3.63, 3.8) is 0 Å². The second-order valence-corrected chi connectivity index (χ2v) is 5.46. The molecule has 1 aromatic rings. The number of carbonyl (C=O) groups excluding carboxylic acids is 1. The molecule has 1 unspecified atom stereocenters. The van der Waals surface area contributed by atoms with E-state index in [1.54, 1.807) is 17.0 Å². The lowest BCUT2D eigenvalue weighted by molar-refractivity contribution is -0.135. The van der Waals surface area contributed by atoms with E-state index in [0.29, 0.717) is 25.2 Å². The van der Waals surface area contributed by atoms with Crippen LogP contribution in [0.15, 0.2) is 22.7 Å². The molecular weight excluding hydrogens is 311 g/mol. The smallest absolute Gasteiger partial charge is 0.226 e. The first-order valence-corrected chi connectivity index (χ1v) is 7.16. The SMILES string of the molecule is CCN(Cc1cc(Br)ccc1F)C(=O)C(C)CNC. The predicted molar refractivity (Wildman–Crippen MR) is 78.3 cm³/mol. The van der Waals surface area contributed by atoms with E-state index in [-0.39, 0.29) is 17.6 Å². The number of amides is 1. The number of hydrogen-bond donors (Lipinski definition) is 1. The van der Waals surface area contributed by atoms with Gasteiger partial charge in [0.05, 0.1) is 0 Å². The summed E-state index contributed by atoms with van der Waals surface area (Å²) in [5, 5.41) is 2.98. The normalized spacial score (nSPS) is 12.3. The van der Waals surface area contributed by atoms with Gasteiger partial charge in [0.2, 0.25) is 5.91 Å². The lowest BCUT2D eigenvalue weighted by Gasteiger charge is -2.24. The first kappa shape index (κ1) is 16.1. The third-order valence-corrected chi connectivity index (χ3v) is 3.49. The molecule has 5 heteroatoms. The molecule has 1 aromatic carbocycles. The minimum Gasteiger partial charge on any atom is -0.338 e. The van der Waals surface area contributed by atoms with Gasteiger partial charge in [-0.25, -0.2) is 4.39 Å². The molecule has 19 heavy (non-hydrogen) atoms. The van der Waals surface area contributed by atoms with Crippen LogP contribution in [0.3, 0.4) is 0 Å². The standard InChI is InChI=1S/C14H20BrFN2O/c1-4-18(14(19)10(2)8-17-3)9-11-7-12(15)5-6-13(11)16/h5-7,10,17H,4,8-9H2,1-3H3. The molecule has 0 fully saturated rings. The molecule has 0 saturated heterocycles. The second kappa shape index (κ2) is 7.60. The maximum absolute atomic E-state index is 13.7. The average Bonchev–Trinajstić information content (AvgIpc) is 2.39. The highest BCUT2D eigenvalue weighted by Gasteiger charge is 2.19. The maximum atomic E-state index is 13.7. The third kappa shape index (κ3) is 4.58. The van der Waals surface area contributed by atoms with E-state index in [2.05, 4.69) is 21.2 Å². The Morgan fingerprint density at radius 1 is 1.53 bits per heavy atom. The fraction of sp³-hybridized carbons (Fsp3) is 0.500. The summed E-state index contributed by atoms with van der Waals surface area (Å²) in [5.74, 6) is -0.355. The van der Waals surface area contributed by atoms with Gasteiger partial charge in [0.15, 0.2) is 0 Å². The number of carbonyl (C=O) groups is 1. The third-order valence-electron chi connectivity index (χ3n) is 2.99. The molecule has 1 N–H and O–H groups in total. The number of benzene rings is 1. The van der Waals surface area contributed by atoms with Gasteiger partial charge < -0.3 is 10.2 Å². The van der Waals surface area contributed by atoms with Crippen LogP contribution in [0.1, 0.15) is 19.4 Å². The van der Waals surface area contributed by atoms with Crippen LogP contribution in [0.25, 0.3) is 0 Å². The van der Waals surface area contributed by atoms with E-state index in [4.69, 9.17) is 0 Å². The lowest BCUT2D eigenvalue weighted by Crippen LogP contribution is -2.38. The summed E-state index contributed by atoms with van der Waals surface area (Å²) in [7, 11) is 1.81. The van der Waals surface area contributed by atoms with Crippen molar-refractivity contribution < 1.29 is 9.18 Å². The highest BCUT2D eigenvalue weighted by atomic mass is 79.9. The molecule has 1 amide bonds. The second-order valence-electron chi connectivity index (χ2n) is 4.55. The number of nitrogens with one attached hydrogen (secondary N) is 1. The van der Waals surface area contributed by atoms with Crippen LogP contribution in [-0.2, 0) is 11.3 Å². The Hall–Kier alpha value is -0.940. The van der Waals surface area contributed by atoms with Crippen LogP contribution in [0.2, 0.25) is 0 Å². The zero-order valence-corrected chi connectivity index (χ0v) is 13.1. The molecule has 0 bridgehead atoms. The first-order chi connectivity index (χ1) is 8.99. The van der Waals surface area contributed by atoms with Gasteiger partial charge in [0.1, 0.15) is 5.82 Å². The van der Waals surface area contributed by atoms with Crippen LogP contribution in [0.4, 0.5) is 4.39 Å². The first-order valence-electron chi connectivity index (χ1n) is 6.36. The molecule has 1 atom stereocenters. The molecule has 3 nitrogen and oxygen atoms in total. The lowest BCUT2D eigenvalue weighted by atomic mass is 10.1. The minimum absolute atomic E-state index is 0.0382. The van der Waals surface area contributed by atoms with Crippen molar-refractivity contribution in [3.8, 4) is 0 Å². The van der Waals surface area contributed by atoms with E-state index in [1.807, 2.05) is 20.9 Å². The van der Waals surface area contributed by atoms with Gasteiger partial charge in [-0.1, -0.05) is 22.9 Å². The molecule has 0 aliphatic carbocycles. The molecule has 0 spiro atoms. The molecule has 0 aliphatic heterocycles. The highest BCUT2D eigenvalue weighted by Crippen LogP contribution is 2.18. The van der Waals surface area contributed by atoms with Crippen LogP contribution < -0.4 is 5.32 Å². The average molecular weight is 331 g/mol. The summed E-state index contributed by atoms with van der Waals surface area (Å²) in [4.78, 5) is 13.9. The van der Waals surface area contributed by atoms with Gasteiger partial charge in [-0.15, -0.1) is 0 Å². The Morgan fingerprint density at radius 3 is 2.79 bits per heavy atom. The summed E-state index contributed by atoms with van der Waals surface area (Å²) >= 11 is 3.32. The van der Waals surface area contributed by atoms with E-state index in [0.717, 1.165) is 4.47 Å². The van der Waals surface area contributed by atoms with Gasteiger partial charge in [0.25, 0.3) is 0 Å². The summed E-state index contributed by atoms with van der Waals surface area (Å²) < 4.78 is 14.5. The molecule has 0 aromatic heterocycles. The fourth-order valence-corrected chi connectivity index (χ4v) is 2.33. The van der Waals surface area contributed by atoms with Crippen LogP contribution >= 0.6 is 15.9 Å². The Bertz CT molecular complexity index is 439. The van der Waals surface area contributed by atoms with Crippen molar-refractivity contribution in [2.24, 2.45) is 5.92 Å². The van der Waals surface area contributed by atoms with Crippen molar-refractivity contribution in [2.45, 2.75) is 20.4 Å². The van der Waals surface area contributed by atoms with Gasteiger partial charge in [-0.3, -0.25) is 4.79 Å². The molecule has 0 saturated carbocycles. The number of nitrogens with zero attached hydrogens (tertiary/aromatic N) is 1. The maximum Gasteiger partial charge on any atom is 0.226 e. The van der Waals surface area contributed by atoms with E-state index in [9.17, 15) is 9.18 Å². The van der Waals surface area contributed by atoms with Gasteiger partial charge in [-0.05, 0) is 32.2 Å². The number of halogens is 2. The predicted octanol–water partition coefficient (Wildman–Crippen LogP) is 2.79. The molecule has 106 valence electrons. The van der Waals surface area contributed by atoms with Crippen LogP contribution in [0.5, 0.6) is 0 Å². The monoisotopic (exact) mass is 330 g/mol. The van der Waals surface area contributed by atoms with Crippen LogP contribution in [-0.4, -0.2) is 30.9 Å². The molecular formula is C14H20BrFN2O. The van der Waals surface area contributed by atoms with Gasteiger partial charge >= 0.3 is 0 Å². The zero-order valence-electron chi connectivity index (χ0n) is 11.5. The molecule has 0 aliphatic rings. The largest absolute Gasteiger partial charge is 0.338 e. The summed E-state index contributed by atoms with van der Waals surface area (Å²) in [6.07, 6.45) is 0. The topological polar surface area (TPSA) is 32.3 Å².